The van der Waals surface area contributed by atoms with E-state index in [9.17, 15) is 0 Å². The summed E-state index contributed by atoms with van der Waals surface area (Å²) in [6, 6.07) is 42.1. The largest absolute Gasteiger partial charge is 0.256 e. The quantitative estimate of drug-likeness (QED) is 0.202. The minimum absolute atomic E-state index is 0.902. The average molecular weight is 566 g/mol. The van der Waals surface area contributed by atoms with Gasteiger partial charge in [0.1, 0.15) is 0 Å². The van der Waals surface area contributed by atoms with Crippen molar-refractivity contribution in [1.82, 2.24) is 15.0 Å². The van der Waals surface area contributed by atoms with Crippen LogP contribution in [0.3, 0.4) is 0 Å². The molecule has 1 aliphatic rings. The maximum atomic E-state index is 5.18. The summed E-state index contributed by atoms with van der Waals surface area (Å²) in [5.74, 6) is 0. The summed E-state index contributed by atoms with van der Waals surface area (Å²) in [4.78, 5) is 14.8. The Morgan fingerprint density at radius 1 is 0.477 bits per heavy atom. The van der Waals surface area contributed by atoms with Gasteiger partial charge in [0.05, 0.1) is 22.8 Å². The summed E-state index contributed by atoms with van der Waals surface area (Å²) in [5.41, 5.74) is 13.8. The molecule has 3 heteroatoms. The Labute approximate surface area is 258 Å². The summed E-state index contributed by atoms with van der Waals surface area (Å²) in [6.07, 6.45) is 13.3. The van der Waals surface area contributed by atoms with Crippen LogP contribution in [-0.2, 0) is 0 Å². The molecule has 0 N–H and O–H groups in total. The first-order chi connectivity index (χ1) is 21.7. The van der Waals surface area contributed by atoms with E-state index in [2.05, 4.69) is 128 Å². The molecule has 44 heavy (non-hydrogen) atoms. The van der Waals surface area contributed by atoms with Crippen LogP contribution in [-0.4, -0.2) is 15.0 Å². The smallest absolute Gasteiger partial charge is 0.0715 e. The number of benzene rings is 3. The van der Waals surface area contributed by atoms with Crippen LogP contribution in [0.5, 0.6) is 0 Å². The molecule has 0 amide bonds. The van der Waals surface area contributed by atoms with Crippen molar-refractivity contribution in [3.05, 3.63) is 169 Å². The van der Waals surface area contributed by atoms with Gasteiger partial charge in [0, 0.05) is 34.6 Å². The topological polar surface area (TPSA) is 38.7 Å². The third-order valence-corrected chi connectivity index (χ3v) is 7.96. The lowest BCUT2D eigenvalue weighted by Crippen LogP contribution is -1.96. The zero-order chi connectivity index (χ0) is 29.7. The third-order valence-electron chi connectivity index (χ3n) is 7.96. The van der Waals surface area contributed by atoms with Gasteiger partial charge in [-0.05, 0) is 84.1 Å². The zero-order valence-electron chi connectivity index (χ0n) is 24.6. The number of pyridine rings is 3. The van der Waals surface area contributed by atoms with Gasteiger partial charge in [0.15, 0.2) is 0 Å². The molecule has 3 aromatic carbocycles. The molecule has 0 radical (unpaired) electrons. The molecular weight excluding hydrogens is 534 g/mol. The Balaban J connectivity index is 1.40. The predicted molar refractivity (Wildman–Crippen MR) is 182 cm³/mol. The van der Waals surface area contributed by atoms with Crippen LogP contribution in [0.15, 0.2) is 164 Å². The van der Waals surface area contributed by atoms with Gasteiger partial charge in [0.25, 0.3) is 0 Å². The van der Waals surface area contributed by atoms with Crippen molar-refractivity contribution in [3.63, 3.8) is 0 Å². The Kier molecular flexibility index (Phi) is 7.59. The fourth-order valence-electron chi connectivity index (χ4n) is 5.61. The lowest BCUT2D eigenvalue weighted by atomic mass is 9.93. The van der Waals surface area contributed by atoms with Crippen LogP contribution in [0.25, 0.3) is 61.6 Å². The molecule has 7 rings (SSSR count). The van der Waals surface area contributed by atoms with E-state index in [1.165, 1.54) is 5.57 Å². The van der Waals surface area contributed by atoms with Crippen LogP contribution < -0.4 is 0 Å². The van der Waals surface area contributed by atoms with Crippen molar-refractivity contribution in [2.24, 2.45) is 0 Å². The summed E-state index contributed by atoms with van der Waals surface area (Å²) < 4.78 is 0. The van der Waals surface area contributed by atoms with Crippen molar-refractivity contribution in [2.75, 3.05) is 0 Å². The molecule has 1 aliphatic carbocycles. The second-order valence-electron chi connectivity index (χ2n) is 11.0. The second-order valence-corrected chi connectivity index (χ2v) is 11.0. The van der Waals surface area contributed by atoms with Crippen molar-refractivity contribution in [3.8, 4) is 56.0 Å². The van der Waals surface area contributed by atoms with Gasteiger partial charge in [-0.2, -0.15) is 0 Å². The molecule has 0 unspecified atom stereocenters. The van der Waals surface area contributed by atoms with Gasteiger partial charge in [-0.15, -0.1) is 0 Å². The lowest BCUT2D eigenvalue weighted by Gasteiger charge is -2.15. The molecule has 3 aromatic heterocycles. The Bertz CT molecular complexity index is 2000. The van der Waals surface area contributed by atoms with Crippen molar-refractivity contribution >= 4 is 5.57 Å². The first-order valence-corrected chi connectivity index (χ1v) is 14.9. The zero-order valence-corrected chi connectivity index (χ0v) is 24.6. The van der Waals surface area contributed by atoms with Crippen LogP contribution >= 0.6 is 0 Å². The molecule has 0 fully saturated rings. The van der Waals surface area contributed by atoms with E-state index < -0.39 is 0 Å². The van der Waals surface area contributed by atoms with Gasteiger partial charge in [0.2, 0.25) is 0 Å². The maximum Gasteiger partial charge on any atom is 0.0715 e. The van der Waals surface area contributed by atoms with Crippen LogP contribution in [0.1, 0.15) is 19.0 Å². The summed E-state index contributed by atoms with van der Waals surface area (Å²) in [6.45, 7) is 2.19. The highest BCUT2D eigenvalue weighted by Gasteiger charge is 2.15. The molecule has 0 atom stereocenters. The Hall–Kier alpha value is -5.67. The summed E-state index contributed by atoms with van der Waals surface area (Å²) in [5, 5.41) is 0. The molecule has 0 spiro atoms. The van der Waals surface area contributed by atoms with Crippen molar-refractivity contribution in [2.45, 2.75) is 13.3 Å². The Morgan fingerprint density at radius 2 is 1.14 bits per heavy atom. The average Bonchev–Trinajstić information content (AvgIpc) is 3.33. The highest BCUT2D eigenvalue weighted by molar-refractivity contribution is 5.84. The first kappa shape index (κ1) is 27.2. The van der Waals surface area contributed by atoms with E-state index >= 15 is 0 Å². The van der Waals surface area contributed by atoms with E-state index in [-0.39, 0.29) is 0 Å². The minimum Gasteiger partial charge on any atom is -0.256 e. The molecule has 3 nitrogen and oxygen atoms in total. The van der Waals surface area contributed by atoms with Crippen LogP contribution in [0.2, 0.25) is 0 Å². The van der Waals surface area contributed by atoms with Gasteiger partial charge < -0.3 is 0 Å². The number of hydrogen-bond donors (Lipinski definition) is 0. The molecular formula is C41H31N3. The molecule has 0 saturated heterocycles. The fourth-order valence-corrected chi connectivity index (χ4v) is 5.61. The molecule has 6 aromatic rings. The predicted octanol–water partition coefficient (Wildman–Crippen LogP) is 10.5. The number of nitrogens with zero attached hydrogens (tertiary/aromatic N) is 3. The maximum absolute atomic E-state index is 5.18. The highest BCUT2D eigenvalue weighted by atomic mass is 14.7. The molecule has 0 saturated carbocycles. The fraction of sp³-hybridized carbons (Fsp3) is 0.0488. The lowest BCUT2D eigenvalue weighted by molar-refractivity contribution is 1.20. The van der Waals surface area contributed by atoms with E-state index in [0.717, 1.165) is 73.7 Å². The van der Waals surface area contributed by atoms with Crippen molar-refractivity contribution < 1.29 is 0 Å². The van der Waals surface area contributed by atoms with Crippen LogP contribution in [0.4, 0.5) is 0 Å². The highest BCUT2D eigenvalue weighted by Crippen LogP contribution is 2.36. The third kappa shape index (κ3) is 5.81. The van der Waals surface area contributed by atoms with E-state index in [1.807, 2.05) is 36.7 Å². The number of rotatable bonds is 6. The minimum atomic E-state index is 0.902. The standard InChI is InChI=1S/C41H31N3/c1-29-13-5-2-10-18-37(29)41-27-34(26-40(44-41)31-16-8-4-9-17-31)33-23-35(38-19-11-12-22-42-38)25-36(24-33)39-21-20-32(28-43-39)30-14-6-3-7-15-30/h2-12,14-28H,13H2,1H3. The summed E-state index contributed by atoms with van der Waals surface area (Å²) in [7, 11) is 0. The number of hydrogen-bond acceptors (Lipinski definition) is 3. The normalized spacial score (nSPS) is 12.8. The van der Waals surface area contributed by atoms with Gasteiger partial charge in [-0.1, -0.05) is 103 Å². The second kappa shape index (κ2) is 12.3. The summed E-state index contributed by atoms with van der Waals surface area (Å²) >= 11 is 0. The van der Waals surface area contributed by atoms with Crippen LogP contribution in [0, 0.1) is 0 Å². The van der Waals surface area contributed by atoms with Crippen molar-refractivity contribution in [1.29, 1.82) is 0 Å². The monoisotopic (exact) mass is 565 g/mol. The SMILES string of the molecule is CC1=C(c2cc(-c3cc(-c4ccccn4)cc(-c4ccc(-c5ccccc5)cn4)c3)cc(-c3ccccc3)n2)C=CC=CC1. The van der Waals surface area contributed by atoms with Gasteiger partial charge >= 0.3 is 0 Å². The first-order valence-electron chi connectivity index (χ1n) is 14.9. The number of aromatic nitrogens is 3. The van der Waals surface area contributed by atoms with E-state index in [4.69, 9.17) is 15.0 Å². The molecule has 0 bridgehead atoms. The molecule has 210 valence electrons. The van der Waals surface area contributed by atoms with Gasteiger partial charge in [-0.25, -0.2) is 4.98 Å². The van der Waals surface area contributed by atoms with Gasteiger partial charge in [-0.3, -0.25) is 9.97 Å². The molecule has 3 heterocycles. The molecule has 0 aliphatic heterocycles. The van der Waals surface area contributed by atoms with E-state index in [1.54, 1.807) is 0 Å². The van der Waals surface area contributed by atoms with E-state index in [0.29, 0.717) is 0 Å². The Morgan fingerprint density at radius 3 is 1.84 bits per heavy atom. The number of allylic oxidation sites excluding steroid dienone is 6.